The van der Waals surface area contributed by atoms with Gasteiger partial charge in [-0.1, -0.05) is 0 Å². The summed E-state index contributed by atoms with van der Waals surface area (Å²) < 4.78 is 78.9. The van der Waals surface area contributed by atoms with Gasteiger partial charge in [0.25, 0.3) is 0 Å². The third-order valence-corrected chi connectivity index (χ3v) is 2.51. The number of hydrogen-bond donors (Lipinski definition) is 1. The standard InChI is InChI=1S/C8H5F3N2OS.C7H7F3N2O/c9-8(10,11)4-14-7-2-1-6(3-12-7)13-5-15;8-7(9,10)4-13-6-2-1-5(11)3-12-6/h1-3H,4H2;1-3H,4,11H2. The molecule has 28 heavy (non-hydrogen) atoms. The summed E-state index contributed by atoms with van der Waals surface area (Å²) in [4.78, 5) is 10.7. The van der Waals surface area contributed by atoms with Crippen LogP contribution in [0.4, 0.5) is 37.7 Å². The molecule has 0 atom stereocenters. The number of hydrogen-bond acceptors (Lipinski definition) is 7. The van der Waals surface area contributed by atoms with Crippen molar-refractivity contribution in [3.05, 3.63) is 36.7 Å². The van der Waals surface area contributed by atoms with Crippen LogP contribution in [0.5, 0.6) is 11.8 Å². The van der Waals surface area contributed by atoms with Gasteiger partial charge in [0, 0.05) is 12.1 Å². The minimum atomic E-state index is -4.37. The van der Waals surface area contributed by atoms with Crippen LogP contribution in [0.3, 0.4) is 0 Å². The van der Waals surface area contributed by atoms with Gasteiger partial charge in [-0.15, -0.1) is 0 Å². The normalized spacial score (nSPS) is 10.9. The molecule has 0 aliphatic heterocycles. The topological polar surface area (TPSA) is 82.6 Å². The van der Waals surface area contributed by atoms with Crippen molar-refractivity contribution in [3.8, 4) is 11.8 Å². The van der Waals surface area contributed by atoms with Crippen molar-refractivity contribution in [3.63, 3.8) is 0 Å². The van der Waals surface area contributed by atoms with Gasteiger partial charge in [-0.2, -0.15) is 31.3 Å². The first-order valence-electron chi connectivity index (χ1n) is 7.13. The molecule has 2 heterocycles. The number of aliphatic imine (C=N–C) groups is 1. The zero-order valence-corrected chi connectivity index (χ0v) is 14.6. The van der Waals surface area contributed by atoms with Gasteiger partial charge in [0.15, 0.2) is 13.2 Å². The minimum Gasteiger partial charge on any atom is -0.468 e. The molecule has 0 unspecified atom stereocenters. The summed E-state index contributed by atoms with van der Waals surface area (Å²) in [6, 6.07) is 5.40. The number of pyridine rings is 2. The molecule has 0 radical (unpaired) electrons. The summed E-state index contributed by atoms with van der Waals surface area (Å²) in [5, 5.41) is 2.11. The van der Waals surface area contributed by atoms with Crippen LogP contribution >= 0.6 is 12.2 Å². The number of rotatable bonds is 5. The molecule has 152 valence electrons. The summed E-state index contributed by atoms with van der Waals surface area (Å²) in [6.45, 7) is -2.71. The fraction of sp³-hybridized carbons (Fsp3) is 0.267. The summed E-state index contributed by atoms with van der Waals surface area (Å²) in [5.41, 5.74) is 6.05. The van der Waals surface area contributed by atoms with E-state index in [1.807, 2.05) is 0 Å². The van der Waals surface area contributed by atoms with Crippen molar-refractivity contribution in [1.82, 2.24) is 9.97 Å². The average molecular weight is 426 g/mol. The number of halogens is 6. The van der Waals surface area contributed by atoms with Gasteiger partial charge in [0.2, 0.25) is 11.8 Å². The van der Waals surface area contributed by atoms with Gasteiger partial charge in [0.1, 0.15) is 0 Å². The molecule has 0 aromatic carbocycles. The van der Waals surface area contributed by atoms with Crippen LogP contribution in [0.1, 0.15) is 0 Å². The largest absolute Gasteiger partial charge is 0.468 e. The molecule has 2 rings (SSSR count). The Kier molecular flexibility index (Phi) is 8.61. The Bertz CT molecular complexity index is 775. The predicted octanol–water partition coefficient (Wildman–Crippen LogP) is 4.36. The van der Waals surface area contributed by atoms with E-state index in [0.29, 0.717) is 11.4 Å². The van der Waals surface area contributed by atoms with E-state index in [9.17, 15) is 26.3 Å². The first-order valence-corrected chi connectivity index (χ1v) is 7.54. The molecule has 0 bridgehead atoms. The molecule has 2 aromatic heterocycles. The molecule has 0 saturated carbocycles. The van der Waals surface area contributed by atoms with Crippen LogP contribution in [-0.2, 0) is 0 Å². The molecule has 2 N–H and O–H groups in total. The highest BCUT2D eigenvalue weighted by molar-refractivity contribution is 7.78. The van der Waals surface area contributed by atoms with E-state index in [2.05, 4.69) is 41.8 Å². The molecular formula is C15H12F6N4O2S. The Morgan fingerprint density at radius 1 is 0.893 bits per heavy atom. The van der Waals surface area contributed by atoms with E-state index < -0.39 is 25.6 Å². The maximum atomic E-state index is 11.7. The van der Waals surface area contributed by atoms with E-state index in [1.165, 1.54) is 36.7 Å². The third-order valence-electron chi connectivity index (χ3n) is 2.42. The molecular weight excluding hydrogens is 414 g/mol. The monoisotopic (exact) mass is 426 g/mol. The lowest BCUT2D eigenvalue weighted by Crippen LogP contribution is -2.19. The molecule has 2 aromatic rings. The van der Waals surface area contributed by atoms with Crippen LogP contribution in [0.2, 0.25) is 0 Å². The molecule has 0 aliphatic carbocycles. The number of nitrogens with zero attached hydrogens (tertiary/aromatic N) is 3. The number of nitrogen functional groups attached to an aromatic ring is 1. The first kappa shape index (κ1) is 23.1. The quantitative estimate of drug-likeness (QED) is 0.435. The summed E-state index contributed by atoms with van der Waals surface area (Å²) >= 11 is 4.34. The van der Waals surface area contributed by atoms with Gasteiger partial charge < -0.3 is 15.2 Å². The Hall–Kier alpha value is -2.92. The van der Waals surface area contributed by atoms with Crippen LogP contribution in [-0.4, -0.2) is 40.7 Å². The minimum absolute atomic E-state index is 0.0912. The maximum absolute atomic E-state index is 11.7. The van der Waals surface area contributed by atoms with Crippen molar-refractivity contribution in [2.24, 2.45) is 4.99 Å². The third kappa shape index (κ3) is 10.9. The smallest absolute Gasteiger partial charge is 0.422 e. The molecule has 6 nitrogen and oxygen atoms in total. The Morgan fingerprint density at radius 2 is 1.39 bits per heavy atom. The van der Waals surface area contributed by atoms with Crippen molar-refractivity contribution in [2.75, 3.05) is 18.9 Å². The summed E-state index contributed by atoms with van der Waals surface area (Å²) in [5.74, 6) is -0.206. The van der Waals surface area contributed by atoms with Crippen molar-refractivity contribution >= 4 is 28.8 Å². The van der Waals surface area contributed by atoms with Gasteiger partial charge in [-0.3, -0.25) is 0 Å². The molecule has 0 spiro atoms. The Labute approximate surface area is 160 Å². The van der Waals surface area contributed by atoms with E-state index in [-0.39, 0.29) is 11.8 Å². The zero-order valence-electron chi connectivity index (χ0n) is 13.8. The van der Waals surface area contributed by atoms with Gasteiger partial charge in [0.05, 0.1) is 28.9 Å². The van der Waals surface area contributed by atoms with Gasteiger partial charge in [-0.25, -0.2) is 9.97 Å². The molecule has 0 saturated heterocycles. The average Bonchev–Trinajstić information content (AvgIpc) is 2.60. The number of aromatic nitrogens is 2. The summed E-state index contributed by atoms with van der Waals surface area (Å²) in [6.07, 6.45) is -6.24. The van der Waals surface area contributed by atoms with Crippen molar-refractivity contribution in [1.29, 1.82) is 0 Å². The molecule has 0 amide bonds. The highest BCUT2D eigenvalue weighted by atomic mass is 32.1. The number of alkyl halides is 6. The fourth-order valence-corrected chi connectivity index (χ4v) is 1.47. The number of isothiocyanates is 1. The maximum Gasteiger partial charge on any atom is 0.422 e. The van der Waals surface area contributed by atoms with E-state index in [4.69, 9.17) is 5.73 Å². The van der Waals surface area contributed by atoms with E-state index in [0.717, 1.165) is 0 Å². The van der Waals surface area contributed by atoms with Crippen molar-refractivity contribution in [2.45, 2.75) is 12.4 Å². The SMILES string of the molecule is FC(F)(F)COc1ccc(N=C=S)cn1.Nc1ccc(OCC(F)(F)F)nc1. The number of anilines is 1. The van der Waals surface area contributed by atoms with E-state index >= 15 is 0 Å². The van der Waals surface area contributed by atoms with Crippen LogP contribution in [0.15, 0.2) is 41.7 Å². The number of nitrogens with two attached hydrogens (primary N) is 1. The highest BCUT2D eigenvalue weighted by Gasteiger charge is 2.29. The number of ether oxygens (including phenoxy) is 2. The Morgan fingerprint density at radius 3 is 1.75 bits per heavy atom. The predicted molar refractivity (Wildman–Crippen MR) is 90.7 cm³/mol. The second-order valence-electron chi connectivity index (χ2n) is 4.80. The van der Waals surface area contributed by atoms with Crippen LogP contribution in [0.25, 0.3) is 0 Å². The fourth-order valence-electron chi connectivity index (χ4n) is 1.37. The lowest BCUT2D eigenvalue weighted by molar-refractivity contribution is -0.154. The van der Waals surface area contributed by atoms with Gasteiger partial charge >= 0.3 is 12.4 Å². The highest BCUT2D eigenvalue weighted by Crippen LogP contribution is 2.19. The second kappa shape index (κ2) is 10.4. The van der Waals surface area contributed by atoms with Crippen LogP contribution < -0.4 is 15.2 Å². The number of thiocarbonyl (C=S) groups is 1. The lowest BCUT2D eigenvalue weighted by Gasteiger charge is -2.07. The van der Waals surface area contributed by atoms with Crippen LogP contribution in [0, 0.1) is 0 Å². The van der Waals surface area contributed by atoms with Crippen molar-refractivity contribution < 1.29 is 35.8 Å². The zero-order chi connectivity index (χ0) is 21.2. The first-order chi connectivity index (χ1) is 13.0. The Balaban J connectivity index is 0.000000283. The second-order valence-corrected chi connectivity index (χ2v) is 4.98. The van der Waals surface area contributed by atoms with Gasteiger partial charge in [-0.05, 0) is 24.4 Å². The summed E-state index contributed by atoms with van der Waals surface area (Å²) in [7, 11) is 0. The van der Waals surface area contributed by atoms with E-state index in [1.54, 1.807) is 0 Å². The lowest BCUT2D eigenvalue weighted by atomic mass is 10.4. The molecule has 0 aliphatic rings. The molecule has 13 heteroatoms. The molecule has 0 fully saturated rings.